The maximum atomic E-state index is 13.1. The van der Waals surface area contributed by atoms with Crippen LogP contribution in [0.5, 0.6) is 0 Å². The summed E-state index contributed by atoms with van der Waals surface area (Å²) in [5, 5.41) is 0.0458. The molecule has 0 amide bonds. The highest BCUT2D eigenvalue weighted by molar-refractivity contribution is 9.09. The van der Waals surface area contributed by atoms with Crippen LogP contribution in [0.3, 0.4) is 0 Å². The first-order valence-electron chi connectivity index (χ1n) is 5.00. The minimum Gasteiger partial charge on any atom is -0.207 e. The van der Waals surface area contributed by atoms with Gasteiger partial charge >= 0.3 is 0 Å². The van der Waals surface area contributed by atoms with E-state index in [0.717, 1.165) is 18.6 Å². The Bertz CT molecular complexity index is 537. The van der Waals surface area contributed by atoms with E-state index in [2.05, 4.69) is 15.9 Å². The third kappa shape index (κ3) is 2.65. The first kappa shape index (κ1) is 13.3. The molecule has 0 N–H and O–H groups in total. The van der Waals surface area contributed by atoms with Crippen LogP contribution < -0.4 is 0 Å². The van der Waals surface area contributed by atoms with Gasteiger partial charge in [0.15, 0.2) is 0 Å². The molecule has 0 saturated carbocycles. The number of benzene rings is 1. The van der Waals surface area contributed by atoms with Gasteiger partial charge in [-0.1, -0.05) is 27.5 Å². The maximum absolute atomic E-state index is 13.1. The molecule has 0 radical (unpaired) electrons. The fraction of sp³-hybridized carbons (Fsp3) is 0.400. The molecule has 2 rings (SSSR count). The van der Waals surface area contributed by atoms with Gasteiger partial charge in [-0.25, -0.2) is 12.8 Å². The van der Waals surface area contributed by atoms with E-state index in [4.69, 9.17) is 11.6 Å². The van der Waals surface area contributed by atoms with E-state index in [0.29, 0.717) is 13.1 Å². The van der Waals surface area contributed by atoms with Crippen LogP contribution in [0.25, 0.3) is 0 Å². The molecule has 1 saturated heterocycles. The van der Waals surface area contributed by atoms with Crippen LogP contribution in [0.2, 0.25) is 5.02 Å². The summed E-state index contributed by atoms with van der Waals surface area (Å²) in [5.74, 6) is -0.609. The summed E-state index contributed by atoms with van der Waals surface area (Å²) in [6, 6.07) is 3.35. The second kappa shape index (κ2) is 4.84. The number of hydrogen-bond acceptors (Lipinski definition) is 2. The van der Waals surface area contributed by atoms with Crippen LogP contribution in [0.1, 0.15) is 6.42 Å². The van der Waals surface area contributed by atoms with E-state index in [-0.39, 0.29) is 14.7 Å². The van der Waals surface area contributed by atoms with Crippen molar-refractivity contribution in [3.8, 4) is 0 Å². The van der Waals surface area contributed by atoms with Crippen molar-refractivity contribution in [3.63, 3.8) is 0 Å². The summed E-state index contributed by atoms with van der Waals surface area (Å²) in [4.78, 5) is -0.0228. The van der Waals surface area contributed by atoms with E-state index in [1.165, 1.54) is 10.4 Å². The average Bonchev–Trinajstić information content (AvgIpc) is 2.69. The summed E-state index contributed by atoms with van der Waals surface area (Å²) in [6.45, 7) is 0.806. The monoisotopic (exact) mass is 341 g/mol. The van der Waals surface area contributed by atoms with Gasteiger partial charge in [0.25, 0.3) is 0 Å². The molecule has 1 atom stereocenters. The largest absolute Gasteiger partial charge is 0.244 e. The summed E-state index contributed by atoms with van der Waals surface area (Å²) >= 11 is 9.17. The van der Waals surface area contributed by atoms with Crippen LogP contribution in [0.15, 0.2) is 23.1 Å². The molecule has 0 bridgehead atoms. The fourth-order valence-corrected chi connectivity index (χ4v) is 4.45. The van der Waals surface area contributed by atoms with Crippen molar-refractivity contribution >= 4 is 37.6 Å². The Hall–Kier alpha value is -0.170. The number of rotatable bonds is 2. The molecule has 17 heavy (non-hydrogen) atoms. The molecule has 1 aliphatic rings. The Labute approximate surface area is 113 Å². The summed E-state index contributed by atoms with van der Waals surface area (Å²) < 4.78 is 38.8. The van der Waals surface area contributed by atoms with Gasteiger partial charge in [-0.05, 0) is 24.6 Å². The van der Waals surface area contributed by atoms with Gasteiger partial charge in [-0.15, -0.1) is 0 Å². The van der Waals surface area contributed by atoms with E-state index < -0.39 is 15.8 Å². The zero-order valence-corrected chi connectivity index (χ0v) is 11.9. The molecule has 1 heterocycles. The molecule has 3 nitrogen and oxygen atoms in total. The van der Waals surface area contributed by atoms with Gasteiger partial charge in [0, 0.05) is 17.9 Å². The minimum absolute atomic E-state index is 0.0458. The summed E-state index contributed by atoms with van der Waals surface area (Å²) in [7, 11) is -3.69. The molecule has 0 spiro atoms. The Morgan fingerprint density at radius 3 is 2.76 bits per heavy atom. The summed E-state index contributed by atoms with van der Waals surface area (Å²) in [5.41, 5.74) is 0. The van der Waals surface area contributed by atoms with E-state index in [1.807, 2.05) is 0 Å². The Morgan fingerprint density at radius 2 is 2.18 bits per heavy atom. The molecular formula is C10H10BrClFNO2S. The van der Waals surface area contributed by atoms with Crippen molar-refractivity contribution in [2.75, 3.05) is 13.1 Å². The van der Waals surface area contributed by atoms with Crippen molar-refractivity contribution in [1.82, 2.24) is 4.31 Å². The second-order valence-electron chi connectivity index (χ2n) is 3.82. The highest BCUT2D eigenvalue weighted by atomic mass is 79.9. The number of halogens is 3. The van der Waals surface area contributed by atoms with Crippen molar-refractivity contribution in [2.24, 2.45) is 0 Å². The van der Waals surface area contributed by atoms with Gasteiger partial charge in [0.2, 0.25) is 10.0 Å². The maximum Gasteiger partial charge on any atom is 0.244 e. The lowest BCUT2D eigenvalue weighted by Crippen LogP contribution is -2.29. The number of nitrogens with zero attached hydrogens (tertiary/aromatic N) is 1. The first-order valence-corrected chi connectivity index (χ1v) is 7.74. The lowest BCUT2D eigenvalue weighted by atomic mass is 10.3. The van der Waals surface area contributed by atoms with Gasteiger partial charge in [0.1, 0.15) is 10.7 Å². The zero-order chi connectivity index (χ0) is 12.6. The topological polar surface area (TPSA) is 37.4 Å². The van der Waals surface area contributed by atoms with Crippen molar-refractivity contribution in [3.05, 3.63) is 29.0 Å². The quantitative estimate of drug-likeness (QED) is 0.775. The predicted molar refractivity (Wildman–Crippen MR) is 67.5 cm³/mol. The van der Waals surface area contributed by atoms with Crippen LogP contribution >= 0.6 is 27.5 Å². The molecule has 1 aromatic rings. The highest BCUT2D eigenvalue weighted by Crippen LogP contribution is 2.29. The van der Waals surface area contributed by atoms with Crippen LogP contribution in [-0.4, -0.2) is 30.6 Å². The number of alkyl halides is 1. The first-order chi connectivity index (χ1) is 7.91. The number of hydrogen-bond donors (Lipinski definition) is 0. The van der Waals surface area contributed by atoms with Gasteiger partial charge in [-0.2, -0.15) is 4.31 Å². The lowest BCUT2D eigenvalue weighted by molar-refractivity contribution is 0.477. The SMILES string of the molecule is O=S(=O)(c1cc(F)ccc1Cl)N1CCC(Br)C1. The molecule has 7 heteroatoms. The highest BCUT2D eigenvalue weighted by Gasteiger charge is 2.32. The lowest BCUT2D eigenvalue weighted by Gasteiger charge is -2.16. The summed E-state index contributed by atoms with van der Waals surface area (Å²) in [6.07, 6.45) is 0.742. The Kier molecular flexibility index (Phi) is 3.77. The molecule has 0 aliphatic carbocycles. The van der Waals surface area contributed by atoms with Gasteiger partial charge in [0.05, 0.1) is 5.02 Å². The normalized spacial score (nSPS) is 21.9. The zero-order valence-electron chi connectivity index (χ0n) is 8.74. The molecule has 94 valence electrons. The Morgan fingerprint density at radius 1 is 1.47 bits per heavy atom. The van der Waals surface area contributed by atoms with Gasteiger partial charge in [-0.3, -0.25) is 0 Å². The molecule has 1 aromatic carbocycles. The predicted octanol–water partition coefficient (Wildman–Crippen LogP) is 2.64. The molecule has 1 aliphatic heterocycles. The van der Waals surface area contributed by atoms with Crippen molar-refractivity contribution < 1.29 is 12.8 Å². The van der Waals surface area contributed by atoms with Crippen LogP contribution in [-0.2, 0) is 10.0 Å². The van der Waals surface area contributed by atoms with Crippen LogP contribution in [0, 0.1) is 5.82 Å². The molecule has 0 aromatic heterocycles. The standard InChI is InChI=1S/C10H10BrClFNO2S/c11-7-3-4-14(6-7)17(15,16)10-5-8(13)1-2-9(10)12/h1-2,5,7H,3-4,6H2. The molecular weight excluding hydrogens is 333 g/mol. The van der Waals surface area contributed by atoms with Crippen LogP contribution in [0.4, 0.5) is 4.39 Å². The third-order valence-electron chi connectivity index (χ3n) is 2.60. The van der Waals surface area contributed by atoms with Crippen molar-refractivity contribution in [1.29, 1.82) is 0 Å². The third-order valence-corrected chi connectivity index (χ3v) is 5.70. The molecule has 1 fully saturated rings. The average molecular weight is 343 g/mol. The molecule has 1 unspecified atom stereocenters. The number of sulfonamides is 1. The Balaban J connectivity index is 2.41. The van der Waals surface area contributed by atoms with E-state index in [1.54, 1.807) is 0 Å². The minimum atomic E-state index is -3.69. The van der Waals surface area contributed by atoms with E-state index in [9.17, 15) is 12.8 Å². The smallest absolute Gasteiger partial charge is 0.207 e. The van der Waals surface area contributed by atoms with Gasteiger partial charge < -0.3 is 0 Å². The fourth-order valence-electron chi connectivity index (χ4n) is 1.72. The van der Waals surface area contributed by atoms with Crippen molar-refractivity contribution in [2.45, 2.75) is 16.1 Å². The van der Waals surface area contributed by atoms with E-state index >= 15 is 0 Å². The second-order valence-corrected chi connectivity index (χ2v) is 7.43.